The number of fused-ring (bicyclic) bond motifs is 1. The van der Waals surface area contributed by atoms with Crippen LogP contribution in [0.5, 0.6) is 0 Å². The molecule has 5 heteroatoms. The number of nitrogens with zero attached hydrogens (tertiary/aromatic N) is 2. The number of rotatable bonds is 6. The van der Waals surface area contributed by atoms with E-state index in [2.05, 4.69) is 39.8 Å². The quantitative estimate of drug-likeness (QED) is 0.734. The summed E-state index contributed by atoms with van der Waals surface area (Å²) in [7, 11) is 0. The topological polar surface area (TPSA) is 62.7 Å². The van der Waals surface area contributed by atoms with E-state index in [1.54, 1.807) is 6.20 Å². The molecule has 3 aromatic rings. The van der Waals surface area contributed by atoms with Gasteiger partial charge in [-0.25, -0.2) is 4.98 Å². The summed E-state index contributed by atoms with van der Waals surface area (Å²) in [6, 6.07) is 8.50. The summed E-state index contributed by atoms with van der Waals surface area (Å²) in [4.78, 5) is 19.6. The zero-order chi connectivity index (χ0) is 16.2. The van der Waals surface area contributed by atoms with Gasteiger partial charge in [0.15, 0.2) is 0 Å². The Morgan fingerprint density at radius 1 is 1.35 bits per heavy atom. The smallest absolute Gasteiger partial charge is 0.220 e. The van der Waals surface area contributed by atoms with Crippen LogP contribution in [-0.4, -0.2) is 20.4 Å². The Morgan fingerprint density at radius 2 is 2.17 bits per heavy atom. The molecule has 0 atom stereocenters. The Kier molecular flexibility index (Phi) is 4.46. The van der Waals surface area contributed by atoms with Gasteiger partial charge in [0.25, 0.3) is 0 Å². The van der Waals surface area contributed by atoms with Crippen LogP contribution in [0.25, 0.3) is 10.9 Å². The highest BCUT2D eigenvalue weighted by atomic mass is 16.1. The molecule has 0 saturated heterocycles. The van der Waals surface area contributed by atoms with Gasteiger partial charge in [0, 0.05) is 42.0 Å². The first-order valence-electron chi connectivity index (χ1n) is 7.98. The maximum absolute atomic E-state index is 12.1. The van der Waals surface area contributed by atoms with Crippen LogP contribution in [0.3, 0.4) is 0 Å². The lowest BCUT2D eigenvalue weighted by molar-refractivity contribution is -0.121. The highest BCUT2D eigenvalue weighted by molar-refractivity contribution is 5.84. The third-order valence-electron chi connectivity index (χ3n) is 4.05. The number of imidazole rings is 1. The lowest BCUT2D eigenvalue weighted by atomic mass is 10.1. The molecule has 0 aliphatic rings. The SMILES string of the molecule is CC(C)n1ccnc1CNC(=O)CCc1c[nH]c2ccccc12. The van der Waals surface area contributed by atoms with E-state index in [1.165, 1.54) is 10.9 Å². The van der Waals surface area contributed by atoms with Crippen LogP contribution in [0.15, 0.2) is 42.9 Å². The predicted molar refractivity (Wildman–Crippen MR) is 91.1 cm³/mol. The number of amides is 1. The molecule has 1 aromatic carbocycles. The summed E-state index contributed by atoms with van der Waals surface area (Å²) in [5.74, 6) is 0.939. The zero-order valence-electron chi connectivity index (χ0n) is 13.5. The third-order valence-corrected chi connectivity index (χ3v) is 4.05. The highest BCUT2D eigenvalue weighted by Gasteiger charge is 2.09. The molecule has 0 aliphatic heterocycles. The fraction of sp³-hybridized carbons (Fsp3) is 0.333. The summed E-state index contributed by atoms with van der Waals surface area (Å²) < 4.78 is 2.07. The van der Waals surface area contributed by atoms with Gasteiger partial charge in [-0.3, -0.25) is 4.79 Å². The molecule has 2 N–H and O–H groups in total. The fourth-order valence-electron chi connectivity index (χ4n) is 2.80. The Balaban J connectivity index is 1.55. The number of nitrogens with one attached hydrogen (secondary N) is 2. The van der Waals surface area contributed by atoms with Crippen molar-refractivity contribution in [3.05, 3.63) is 54.2 Å². The lowest BCUT2D eigenvalue weighted by Gasteiger charge is -2.12. The second-order valence-corrected chi connectivity index (χ2v) is 5.98. The van der Waals surface area contributed by atoms with E-state index in [4.69, 9.17) is 0 Å². The number of carbonyl (C=O) groups excluding carboxylic acids is 1. The minimum absolute atomic E-state index is 0.0496. The molecular formula is C18H22N4O. The van der Waals surface area contributed by atoms with Crippen molar-refractivity contribution >= 4 is 16.8 Å². The Hall–Kier alpha value is -2.56. The molecule has 0 saturated carbocycles. The average molecular weight is 310 g/mol. The molecular weight excluding hydrogens is 288 g/mol. The van der Waals surface area contributed by atoms with Crippen LogP contribution < -0.4 is 5.32 Å². The van der Waals surface area contributed by atoms with E-state index < -0.39 is 0 Å². The molecule has 0 bridgehead atoms. The maximum Gasteiger partial charge on any atom is 0.220 e. The van der Waals surface area contributed by atoms with E-state index in [-0.39, 0.29) is 5.91 Å². The van der Waals surface area contributed by atoms with Crippen molar-refractivity contribution in [1.82, 2.24) is 19.9 Å². The standard InChI is InChI=1S/C18H22N4O/c1-13(2)22-10-9-19-17(22)12-21-18(23)8-7-14-11-20-16-6-4-3-5-15(14)16/h3-6,9-11,13,20H,7-8,12H2,1-2H3,(H,21,23). The summed E-state index contributed by atoms with van der Waals surface area (Å²) in [6.45, 7) is 4.67. The number of hydrogen-bond acceptors (Lipinski definition) is 2. The van der Waals surface area contributed by atoms with Crippen LogP contribution in [0.2, 0.25) is 0 Å². The van der Waals surface area contributed by atoms with Crippen molar-refractivity contribution in [2.24, 2.45) is 0 Å². The van der Waals surface area contributed by atoms with Crippen molar-refractivity contribution < 1.29 is 4.79 Å². The number of aromatic amines is 1. The summed E-state index contributed by atoms with van der Waals surface area (Å²) >= 11 is 0. The van der Waals surface area contributed by atoms with Crippen LogP contribution in [0, 0.1) is 0 Å². The van der Waals surface area contributed by atoms with E-state index in [0.717, 1.165) is 17.8 Å². The fourth-order valence-corrected chi connectivity index (χ4v) is 2.80. The van der Waals surface area contributed by atoms with Crippen LogP contribution >= 0.6 is 0 Å². The van der Waals surface area contributed by atoms with Gasteiger partial charge in [-0.1, -0.05) is 18.2 Å². The van der Waals surface area contributed by atoms with Gasteiger partial charge in [0.05, 0.1) is 6.54 Å². The normalized spacial score (nSPS) is 11.3. The summed E-state index contributed by atoms with van der Waals surface area (Å²) in [6.07, 6.45) is 6.91. The third kappa shape index (κ3) is 3.44. The minimum Gasteiger partial charge on any atom is -0.361 e. The number of benzene rings is 1. The number of hydrogen-bond donors (Lipinski definition) is 2. The van der Waals surface area contributed by atoms with Gasteiger partial charge in [0.2, 0.25) is 5.91 Å². The van der Waals surface area contributed by atoms with Crippen molar-refractivity contribution in [2.45, 2.75) is 39.3 Å². The lowest BCUT2D eigenvalue weighted by Crippen LogP contribution is -2.25. The van der Waals surface area contributed by atoms with Gasteiger partial charge in [-0.15, -0.1) is 0 Å². The van der Waals surface area contributed by atoms with Gasteiger partial charge >= 0.3 is 0 Å². The molecule has 0 fully saturated rings. The molecule has 0 aliphatic carbocycles. The Bertz CT molecular complexity index is 800. The summed E-state index contributed by atoms with van der Waals surface area (Å²) in [5.41, 5.74) is 2.29. The van der Waals surface area contributed by atoms with Crippen molar-refractivity contribution in [3.63, 3.8) is 0 Å². The number of para-hydroxylation sites is 1. The van der Waals surface area contributed by atoms with E-state index in [9.17, 15) is 4.79 Å². The van der Waals surface area contributed by atoms with Gasteiger partial charge in [-0.2, -0.15) is 0 Å². The maximum atomic E-state index is 12.1. The second-order valence-electron chi connectivity index (χ2n) is 5.98. The molecule has 3 rings (SSSR count). The van der Waals surface area contributed by atoms with Gasteiger partial charge in [-0.05, 0) is 31.9 Å². The molecule has 23 heavy (non-hydrogen) atoms. The van der Waals surface area contributed by atoms with Crippen molar-refractivity contribution in [1.29, 1.82) is 0 Å². The molecule has 0 unspecified atom stereocenters. The number of aromatic nitrogens is 3. The largest absolute Gasteiger partial charge is 0.361 e. The monoisotopic (exact) mass is 310 g/mol. The molecule has 1 amide bonds. The highest BCUT2D eigenvalue weighted by Crippen LogP contribution is 2.18. The van der Waals surface area contributed by atoms with Crippen molar-refractivity contribution in [2.75, 3.05) is 0 Å². The predicted octanol–water partition coefficient (Wildman–Crippen LogP) is 3.19. The Morgan fingerprint density at radius 3 is 3.00 bits per heavy atom. The zero-order valence-corrected chi connectivity index (χ0v) is 13.5. The van der Waals surface area contributed by atoms with Gasteiger partial charge in [0.1, 0.15) is 5.82 Å². The molecule has 2 aromatic heterocycles. The molecule has 0 radical (unpaired) electrons. The first-order valence-corrected chi connectivity index (χ1v) is 7.98. The first-order chi connectivity index (χ1) is 11.1. The van der Waals surface area contributed by atoms with Gasteiger partial charge < -0.3 is 14.9 Å². The minimum atomic E-state index is 0.0496. The molecule has 5 nitrogen and oxygen atoms in total. The van der Waals surface area contributed by atoms with Crippen LogP contribution in [-0.2, 0) is 17.8 Å². The Labute approximate surface area is 135 Å². The molecule has 2 heterocycles. The van der Waals surface area contributed by atoms with E-state index in [0.29, 0.717) is 19.0 Å². The average Bonchev–Trinajstić information content (AvgIpc) is 3.17. The van der Waals surface area contributed by atoms with Crippen LogP contribution in [0.4, 0.5) is 0 Å². The van der Waals surface area contributed by atoms with E-state index >= 15 is 0 Å². The van der Waals surface area contributed by atoms with E-state index in [1.807, 2.05) is 30.6 Å². The van der Waals surface area contributed by atoms with Crippen LogP contribution in [0.1, 0.15) is 37.7 Å². The molecule has 0 spiro atoms. The molecule has 120 valence electrons. The number of aryl methyl sites for hydroxylation is 1. The number of H-pyrrole nitrogens is 1. The summed E-state index contributed by atoms with van der Waals surface area (Å²) in [5, 5.41) is 4.15. The van der Waals surface area contributed by atoms with Crippen molar-refractivity contribution in [3.8, 4) is 0 Å². The first kappa shape index (κ1) is 15.3. The second kappa shape index (κ2) is 6.69. The number of carbonyl (C=O) groups is 1.